The van der Waals surface area contributed by atoms with Gasteiger partial charge in [-0.05, 0) is 50.0 Å². The standard InChI is InChI=1S/C15H25N3O/c1-3-14-10-13(12-19)11-15(16-14)17(2)8-9-18-6-4-5-7-18/h10-11,19H,3-9,12H2,1-2H3. The van der Waals surface area contributed by atoms with Gasteiger partial charge in [0.05, 0.1) is 6.61 Å². The first-order valence-electron chi connectivity index (χ1n) is 7.27. The van der Waals surface area contributed by atoms with E-state index < -0.39 is 0 Å². The number of rotatable bonds is 6. The second-order valence-electron chi connectivity index (χ2n) is 5.31. The number of aliphatic hydroxyl groups is 1. The average Bonchev–Trinajstić information content (AvgIpc) is 2.97. The quantitative estimate of drug-likeness (QED) is 0.847. The zero-order chi connectivity index (χ0) is 13.7. The fraction of sp³-hybridized carbons (Fsp3) is 0.667. The summed E-state index contributed by atoms with van der Waals surface area (Å²) in [4.78, 5) is 9.34. The largest absolute Gasteiger partial charge is 0.392 e. The zero-order valence-corrected chi connectivity index (χ0v) is 12.1. The number of nitrogens with zero attached hydrogens (tertiary/aromatic N) is 3. The maximum absolute atomic E-state index is 9.31. The van der Waals surface area contributed by atoms with E-state index in [2.05, 4.69) is 28.8 Å². The molecule has 0 unspecified atom stereocenters. The molecule has 4 heteroatoms. The monoisotopic (exact) mass is 263 g/mol. The van der Waals surface area contributed by atoms with Gasteiger partial charge in [0.25, 0.3) is 0 Å². The summed E-state index contributed by atoms with van der Waals surface area (Å²) in [6.07, 6.45) is 3.57. The van der Waals surface area contributed by atoms with Crippen LogP contribution in [0.25, 0.3) is 0 Å². The van der Waals surface area contributed by atoms with Gasteiger partial charge in [-0.1, -0.05) is 6.92 Å². The van der Waals surface area contributed by atoms with Crippen LogP contribution in [0.15, 0.2) is 12.1 Å². The Hall–Kier alpha value is -1.13. The molecule has 1 N–H and O–H groups in total. The minimum atomic E-state index is 0.0858. The van der Waals surface area contributed by atoms with E-state index in [4.69, 9.17) is 0 Å². The second-order valence-corrected chi connectivity index (χ2v) is 5.31. The molecular formula is C15H25N3O. The minimum absolute atomic E-state index is 0.0858. The lowest BCUT2D eigenvalue weighted by molar-refractivity contribution is 0.281. The SMILES string of the molecule is CCc1cc(CO)cc(N(C)CCN2CCCC2)n1. The molecule has 0 bridgehead atoms. The van der Waals surface area contributed by atoms with Crippen molar-refractivity contribution in [1.29, 1.82) is 0 Å². The van der Waals surface area contributed by atoms with E-state index in [0.29, 0.717) is 0 Å². The number of hydrogen-bond acceptors (Lipinski definition) is 4. The highest BCUT2D eigenvalue weighted by Crippen LogP contribution is 2.15. The first-order valence-corrected chi connectivity index (χ1v) is 7.27. The average molecular weight is 263 g/mol. The molecule has 2 heterocycles. The predicted octanol–water partition coefficient (Wildman–Crippen LogP) is 1.67. The van der Waals surface area contributed by atoms with E-state index in [1.54, 1.807) is 0 Å². The minimum Gasteiger partial charge on any atom is -0.392 e. The number of aryl methyl sites for hydroxylation is 1. The van der Waals surface area contributed by atoms with Gasteiger partial charge in [0, 0.05) is 25.8 Å². The lowest BCUT2D eigenvalue weighted by Gasteiger charge is -2.23. The Labute approximate surface area is 116 Å². The van der Waals surface area contributed by atoms with Crippen LogP contribution in [-0.2, 0) is 13.0 Å². The van der Waals surface area contributed by atoms with Crippen molar-refractivity contribution in [1.82, 2.24) is 9.88 Å². The molecule has 1 aromatic heterocycles. The van der Waals surface area contributed by atoms with Crippen LogP contribution in [0.2, 0.25) is 0 Å². The molecule has 0 spiro atoms. The van der Waals surface area contributed by atoms with Gasteiger partial charge in [-0.2, -0.15) is 0 Å². The third-order valence-electron chi connectivity index (χ3n) is 3.81. The summed E-state index contributed by atoms with van der Waals surface area (Å²) in [5, 5.41) is 9.31. The van der Waals surface area contributed by atoms with Gasteiger partial charge in [-0.15, -0.1) is 0 Å². The lowest BCUT2D eigenvalue weighted by atomic mass is 10.2. The highest BCUT2D eigenvalue weighted by Gasteiger charge is 2.13. The summed E-state index contributed by atoms with van der Waals surface area (Å²) in [6.45, 7) is 6.74. The van der Waals surface area contributed by atoms with E-state index in [1.807, 2.05) is 12.1 Å². The van der Waals surface area contributed by atoms with Crippen LogP contribution >= 0.6 is 0 Å². The Morgan fingerprint density at radius 1 is 1.32 bits per heavy atom. The molecule has 0 aromatic carbocycles. The van der Waals surface area contributed by atoms with Crippen molar-refractivity contribution in [3.63, 3.8) is 0 Å². The third kappa shape index (κ3) is 3.91. The first kappa shape index (κ1) is 14.3. The maximum atomic E-state index is 9.31. The Morgan fingerprint density at radius 3 is 2.68 bits per heavy atom. The van der Waals surface area contributed by atoms with Crippen molar-refractivity contribution in [3.05, 3.63) is 23.4 Å². The van der Waals surface area contributed by atoms with E-state index in [0.717, 1.165) is 36.6 Å². The van der Waals surface area contributed by atoms with Crippen LogP contribution < -0.4 is 4.90 Å². The molecule has 0 amide bonds. The molecule has 106 valence electrons. The highest BCUT2D eigenvalue weighted by atomic mass is 16.3. The first-order chi connectivity index (χ1) is 9.22. The fourth-order valence-electron chi connectivity index (χ4n) is 2.51. The summed E-state index contributed by atoms with van der Waals surface area (Å²) < 4.78 is 0. The molecule has 0 radical (unpaired) electrons. The maximum Gasteiger partial charge on any atom is 0.128 e. The number of aromatic nitrogens is 1. The molecule has 0 saturated carbocycles. The fourth-order valence-corrected chi connectivity index (χ4v) is 2.51. The molecule has 1 aromatic rings. The normalized spacial score (nSPS) is 15.9. The Bertz CT molecular complexity index is 380. The summed E-state index contributed by atoms with van der Waals surface area (Å²) in [5.74, 6) is 0.975. The number of aliphatic hydroxyl groups excluding tert-OH is 1. The van der Waals surface area contributed by atoms with Crippen LogP contribution in [0.4, 0.5) is 5.82 Å². The topological polar surface area (TPSA) is 39.6 Å². The molecule has 19 heavy (non-hydrogen) atoms. The molecule has 1 aliphatic rings. The Balaban J connectivity index is 1.98. The molecule has 1 aliphatic heterocycles. The number of anilines is 1. The Kier molecular flexibility index (Phi) is 5.16. The van der Waals surface area contributed by atoms with Gasteiger partial charge in [-0.25, -0.2) is 4.98 Å². The highest BCUT2D eigenvalue weighted by molar-refractivity contribution is 5.42. The lowest BCUT2D eigenvalue weighted by Crippen LogP contribution is -2.31. The molecule has 0 atom stereocenters. The zero-order valence-electron chi connectivity index (χ0n) is 12.1. The van der Waals surface area contributed by atoms with Crippen LogP contribution in [0.5, 0.6) is 0 Å². The van der Waals surface area contributed by atoms with Crippen LogP contribution in [0, 0.1) is 0 Å². The molecule has 0 aliphatic carbocycles. The Morgan fingerprint density at radius 2 is 2.05 bits per heavy atom. The van der Waals surface area contributed by atoms with Crippen molar-refractivity contribution in [2.75, 3.05) is 38.1 Å². The molecule has 2 rings (SSSR count). The van der Waals surface area contributed by atoms with E-state index in [1.165, 1.54) is 25.9 Å². The number of pyridine rings is 1. The number of likely N-dealkylation sites (tertiary alicyclic amines) is 1. The number of likely N-dealkylation sites (N-methyl/N-ethyl adjacent to an activating group) is 1. The van der Waals surface area contributed by atoms with E-state index >= 15 is 0 Å². The molecular weight excluding hydrogens is 238 g/mol. The van der Waals surface area contributed by atoms with E-state index in [9.17, 15) is 5.11 Å². The van der Waals surface area contributed by atoms with Crippen molar-refractivity contribution in [3.8, 4) is 0 Å². The van der Waals surface area contributed by atoms with E-state index in [-0.39, 0.29) is 6.61 Å². The number of hydrogen-bond donors (Lipinski definition) is 1. The van der Waals surface area contributed by atoms with Crippen molar-refractivity contribution < 1.29 is 5.11 Å². The summed E-state index contributed by atoms with van der Waals surface area (Å²) >= 11 is 0. The van der Waals surface area contributed by atoms with Gasteiger partial charge in [0.15, 0.2) is 0 Å². The van der Waals surface area contributed by atoms with Gasteiger partial charge >= 0.3 is 0 Å². The smallest absolute Gasteiger partial charge is 0.128 e. The van der Waals surface area contributed by atoms with Crippen LogP contribution in [0.1, 0.15) is 31.0 Å². The van der Waals surface area contributed by atoms with Gasteiger partial charge in [-0.3, -0.25) is 0 Å². The molecule has 1 fully saturated rings. The third-order valence-corrected chi connectivity index (χ3v) is 3.81. The van der Waals surface area contributed by atoms with Crippen molar-refractivity contribution >= 4 is 5.82 Å². The second kappa shape index (κ2) is 6.87. The summed E-state index contributed by atoms with van der Waals surface area (Å²) in [6, 6.07) is 3.97. The molecule has 1 saturated heterocycles. The van der Waals surface area contributed by atoms with Crippen LogP contribution in [-0.4, -0.2) is 48.2 Å². The van der Waals surface area contributed by atoms with Crippen molar-refractivity contribution in [2.45, 2.75) is 32.8 Å². The van der Waals surface area contributed by atoms with Crippen LogP contribution in [0.3, 0.4) is 0 Å². The van der Waals surface area contributed by atoms with Gasteiger partial charge < -0.3 is 14.9 Å². The van der Waals surface area contributed by atoms with Gasteiger partial charge in [0.1, 0.15) is 5.82 Å². The van der Waals surface area contributed by atoms with Crippen molar-refractivity contribution in [2.24, 2.45) is 0 Å². The predicted molar refractivity (Wildman–Crippen MR) is 78.5 cm³/mol. The van der Waals surface area contributed by atoms with Gasteiger partial charge in [0.2, 0.25) is 0 Å². The molecule has 4 nitrogen and oxygen atoms in total. The summed E-state index contributed by atoms with van der Waals surface area (Å²) in [5.41, 5.74) is 2.00. The summed E-state index contributed by atoms with van der Waals surface area (Å²) in [7, 11) is 2.08.